The third kappa shape index (κ3) is 4.26. The molecule has 0 N–H and O–H groups in total. The maximum absolute atomic E-state index is 11.6. The summed E-state index contributed by atoms with van der Waals surface area (Å²) in [5.41, 5.74) is 0.375. The Balaban J connectivity index is 1.75. The van der Waals surface area contributed by atoms with Crippen LogP contribution < -0.4 is 4.74 Å². The largest absolute Gasteiger partial charge is 0.490 e. The first-order valence-corrected chi connectivity index (χ1v) is 6.10. The lowest BCUT2D eigenvalue weighted by atomic mass is 10.3. The van der Waals surface area contributed by atoms with Gasteiger partial charge in [-0.05, 0) is 24.3 Å². The van der Waals surface area contributed by atoms with Gasteiger partial charge in [-0.25, -0.2) is 9.78 Å². The molecule has 0 aliphatic carbocycles. The van der Waals surface area contributed by atoms with E-state index in [-0.39, 0.29) is 11.8 Å². The second-order valence-corrected chi connectivity index (χ2v) is 4.05. The van der Waals surface area contributed by atoms with Crippen molar-refractivity contribution in [2.45, 2.75) is 0 Å². The average molecular weight is 278 g/mol. The van der Waals surface area contributed by atoms with Crippen LogP contribution in [0.15, 0.2) is 48.7 Å². The Bertz CT molecular complexity index is 545. The van der Waals surface area contributed by atoms with Crippen molar-refractivity contribution in [2.75, 3.05) is 13.2 Å². The molecule has 0 aliphatic heterocycles. The lowest BCUT2D eigenvalue weighted by Gasteiger charge is -2.07. The van der Waals surface area contributed by atoms with Crippen LogP contribution in [-0.4, -0.2) is 24.2 Å². The van der Waals surface area contributed by atoms with Gasteiger partial charge in [0.05, 0.1) is 5.56 Å². The van der Waals surface area contributed by atoms with E-state index >= 15 is 0 Å². The SMILES string of the molecule is O=C(OCCOc1ccccc1)c1ccnc(Cl)c1. The van der Waals surface area contributed by atoms with Crippen molar-refractivity contribution in [3.8, 4) is 5.75 Å². The molecule has 0 fully saturated rings. The van der Waals surface area contributed by atoms with E-state index in [9.17, 15) is 4.79 Å². The number of nitrogens with zero attached hydrogens (tertiary/aromatic N) is 1. The van der Waals surface area contributed by atoms with Gasteiger partial charge in [0.1, 0.15) is 24.1 Å². The Morgan fingerprint density at radius 1 is 1.16 bits per heavy atom. The Morgan fingerprint density at radius 3 is 2.68 bits per heavy atom. The smallest absolute Gasteiger partial charge is 0.338 e. The van der Waals surface area contributed by atoms with E-state index < -0.39 is 5.97 Å². The number of esters is 1. The van der Waals surface area contributed by atoms with E-state index in [0.29, 0.717) is 12.2 Å². The summed E-state index contributed by atoms with van der Waals surface area (Å²) < 4.78 is 10.5. The maximum Gasteiger partial charge on any atom is 0.338 e. The number of hydrogen-bond donors (Lipinski definition) is 0. The van der Waals surface area contributed by atoms with Gasteiger partial charge in [0.15, 0.2) is 0 Å². The fraction of sp³-hybridized carbons (Fsp3) is 0.143. The van der Waals surface area contributed by atoms with Crippen LogP contribution in [0.25, 0.3) is 0 Å². The molecule has 1 aromatic carbocycles. The van der Waals surface area contributed by atoms with Crippen molar-refractivity contribution in [1.82, 2.24) is 4.98 Å². The second-order valence-electron chi connectivity index (χ2n) is 3.66. The Labute approximate surface area is 115 Å². The molecule has 0 saturated carbocycles. The quantitative estimate of drug-likeness (QED) is 0.479. The monoisotopic (exact) mass is 277 g/mol. The molecule has 0 unspecified atom stereocenters. The molecule has 1 aromatic heterocycles. The van der Waals surface area contributed by atoms with Crippen LogP contribution in [0, 0.1) is 0 Å². The van der Waals surface area contributed by atoms with Gasteiger partial charge in [-0.2, -0.15) is 0 Å². The summed E-state index contributed by atoms with van der Waals surface area (Å²) in [5, 5.41) is 0.259. The maximum atomic E-state index is 11.6. The van der Waals surface area contributed by atoms with Gasteiger partial charge in [-0.3, -0.25) is 0 Å². The molecule has 4 nitrogen and oxygen atoms in total. The minimum atomic E-state index is -0.444. The fourth-order valence-corrected chi connectivity index (χ4v) is 1.60. The molecule has 0 spiro atoms. The van der Waals surface area contributed by atoms with E-state index in [1.54, 1.807) is 6.07 Å². The van der Waals surface area contributed by atoms with Gasteiger partial charge in [0, 0.05) is 6.20 Å². The van der Waals surface area contributed by atoms with Crippen molar-refractivity contribution in [3.63, 3.8) is 0 Å². The third-order valence-electron chi connectivity index (χ3n) is 2.29. The van der Waals surface area contributed by atoms with Crippen molar-refractivity contribution < 1.29 is 14.3 Å². The van der Waals surface area contributed by atoms with Crippen molar-refractivity contribution in [2.24, 2.45) is 0 Å². The molecule has 98 valence electrons. The summed E-state index contributed by atoms with van der Waals surface area (Å²) in [6, 6.07) is 12.3. The molecule has 0 bridgehead atoms. The molecule has 1 heterocycles. The topological polar surface area (TPSA) is 48.4 Å². The first-order chi connectivity index (χ1) is 9.25. The number of hydrogen-bond acceptors (Lipinski definition) is 4. The molecule has 0 saturated heterocycles. The average Bonchev–Trinajstić information content (AvgIpc) is 2.44. The molecule has 2 rings (SSSR count). The first-order valence-electron chi connectivity index (χ1n) is 5.72. The van der Waals surface area contributed by atoms with Crippen molar-refractivity contribution >= 4 is 17.6 Å². The van der Waals surface area contributed by atoms with Crippen molar-refractivity contribution in [1.29, 1.82) is 0 Å². The Morgan fingerprint density at radius 2 is 1.95 bits per heavy atom. The summed E-state index contributed by atoms with van der Waals surface area (Å²) in [6.45, 7) is 0.474. The van der Waals surface area contributed by atoms with Gasteiger partial charge >= 0.3 is 5.97 Å². The van der Waals surface area contributed by atoms with Gasteiger partial charge in [0.25, 0.3) is 0 Å². The number of aromatic nitrogens is 1. The molecule has 0 aliphatic rings. The van der Waals surface area contributed by atoms with Crippen LogP contribution in [0.4, 0.5) is 0 Å². The zero-order valence-corrected chi connectivity index (χ0v) is 10.8. The van der Waals surface area contributed by atoms with Crippen LogP contribution in [0.2, 0.25) is 5.15 Å². The lowest BCUT2D eigenvalue weighted by Crippen LogP contribution is -2.12. The van der Waals surface area contributed by atoms with Crippen LogP contribution in [-0.2, 0) is 4.74 Å². The standard InChI is InChI=1S/C14H12ClNO3/c15-13-10-11(6-7-16-13)14(17)19-9-8-18-12-4-2-1-3-5-12/h1-7,10H,8-9H2. The van der Waals surface area contributed by atoms with Crippen LogP contribution >= 0.6 is 11.6 Å². The molecular formula is C14H12ClNO3. The van der Waals surface area contributed by atoms with Gasteiger partial charge < -0.3 is 9.47 Å². The highest BCUT2D eigenvalue weighted by atomic mass is 35.5. The van der Waals surface area contributed by atoms with E-state index in [4.69, 9.17) is 21.1 Å². The summed E-state index contributed by atoms with van der Waals surface area (Å²) in [4.78, 5) is 15.4. The molecule has 2 aromatic rings. The zero-order chi connectivity index (χ0) is 13.5. The highest BCUT2D eigenvalue weighted by Gasteiger charge is 2.07. The summed E-state index contributed by atoms with van der Waals surface area (Å²) in [6.07, 6.45) is 1.46. The lowest BCUT2D eigenvalue weighted by molar-refractivity contribution is 0.0450. The molecular weight excluding hydrogens is 266 g/mol. The Hall–Kier alpha value is -2.07. The van der Waals surface area contributed by atoms with E-state index in [1.807, 2.05) is 30.3 Å². The number of carbonyl (C=O) groups excluding carboxylic acids is 1. The molecule has 0 amide bonds. The summed E-state index contributed by atoms with van der Waals surface area (Å²) in [7, 11) is 0. The van der Waals surface area contributed by atoms with E-state index in [1.165, 1.54) is 12.3 Å². The van der Waals surface area contributed by atoms with E-state index in [2.05, 4.69) is 4.98 Å². The molecule has 0 atom stereocenters. The molecule has 0 radical (unpaired) electrons. The summed E-state index contributed by atoms with van der Waals surface area (Å²) in [5.74, 6) is 0.298. The number of halogens is 1. The summed E-state index contributed by atoms with van der Waals surface area (Å²) >= 11 is 5.69. The van der Waals surface area contributed by atoms with Gasteiger partial charge in [-0.1, -0.05) is 29.8 Å². The number of carbonyl (C=O) groups is 1. The predicted molar refractivity (Wildman–Crippen MR) is 71.5 cm³/mol. The van der Waals surface area contributed by atoms with E-state index in [0.717, 1.165) is 5.75 Å². The van der Waals surface area contributed by atoms with Crippen LogP contribution in [0.1, 0.15) is 10.4 Å². The number of pyridine rings is 1. The van der Waals surface area contributed by atoms with Crippen LogP contribution in [0.5, 0.6) is 5.75 Å². The minimum Gasteiger partial charge on any atom is -0.490 e. The highest BCUT2D eigenvalue weighted by molar-refractivity contribution is 6.29. The van der Waals surface area contributed by atoms with Crippen LogP contribution in [0.3, 0.4) is 0 Å². The second kappa shape index (κ2) is 6.75. The third-order valence-corrected chi connectivity index (χ3v) is 2.50. The number of rotatable bonds is 5. The number of benzene rings is 1. The normalized spacial score (nSPS) is 9.95. The van der Waals surface area contributed by atoms with Gasteiger partial charge in [0.2, 0.25) is 0 Å². The first kappa shape index (κ1) is 13.4. The fourth-order valence-electron chi connectivity index (χ4n) is 1.42. The predicted octanol–water partition coefficient (Wildman–Crippen LogP) is 2.97. The minimum absolute atomic E-state index is 0.174. The zero-order valence-electron chi connectivity index (χ0n) is 10.1. The van der Waals surface area contributed by atoms with Crippen molar-refractivity contribution in [3.05, 3.63) is 59.4 Å². The molecule has 5 heteroatoms. The highest BCUT2D eigenvalue weighted by Crippen LogP contribution is 2.09. The number of para-hydroxylation sites is 1. The van der Waals surface area contributed by atoms with Gasteiger partial charge in [-0.15, -0.1) is 0 Å². The molecule has 19 heavy (non-hydrogen) atoms. The number of ether oxygens (including phenoxy) is 2. The Kier molecular flexibility index (Phi) is 4.75.